The fourth-order valence-electron chi connectivity index (χ4n) is 4.15. The Morgan fingerprint density at radius 1 is 1.22 bits per heavy atom. The van der Waals surface area contributed by atoms with Crippen LogP contribution >= 0.6 is 0 Å². The van der Waals surface area contributed by atoms with Gasteiger partial charge in [-0.25, -0.2) is 18.8 Å². The second-order valence-electron chi connectivity index (χ2n) is 8.49. The first-order valence-corrected chi connectivity index (χ1v) is 11.3. The number of nitrogens with one attached hydrogen (secondary N) is 2. The van der Waals surface area contributed by atoms with Gasteiger partial charge in [-0.05, 0) is 60.2 Å². The molecule has 0 unspecified atom stereocenters. The van der Waals surface area contributed by atoms with Crippen molar-refractivity contribution in [3.05, 3.63) is 93.1 Å². The SMILES string of the molecule is C=N/N=c1/nc(C(=O)NCc2ccc(F)c(C)c2)cc(C(=O)N[C@H]2CCc3cc(C(=O)O)ccc32)n1N. The molecule has 11 nitrogen and oxygen atoms in total. The van der Waals surface area contributed by atoms with Gasteiger partial charge in [-0.1, -0.05) is 18.2 Å². The highest BCUT2D eigenvalue weighted by Crippen LogP contribution is 2.32. The molecular formula is C25H24FN7O4. The predicted molar refractivity (Wildman–Crippen MR) is 132 cm³/mol. The van der Waals surface area contributed by atoms with Crippen molar-refractivity contribution in [3.8, 4) is 0 Å². The van der Waals surface area contributed by atoms with E-state index in [0.29, 0.717) is 24.0 Å². The summed E-state index contributed by atoms with van der Waals surface area (Å²) in [6.45, 7) is 4.99. The number of amides is 2. The number of nitrogens with zero attached hydrogens (tertiary/aromatic N) is 4. The number of rotatable bonds is 7. The normalized spacial score (nSPS) is 14.6. The predicted octanol–water partition coefficient (Wildman–Crippen LogP) is 1.61. The summed E-state index contributed by atoms with van der Waals surface area (Å²) < 4.78 is 14.4. The van der Waals surface area contributed by atoms with Crippen molar-refractivity contribution in [2.24, 2.45) is 10.2 Å². The molecule has 190 valence electrons. The number of carboxylic acid groups (broad SMARTS) is 1. The lowest BCUT2D eigenvalue weighted by molar-refractivity contribution is 0.0696. The number of carboxylic acids is 1. The van der Waals surface area contributed by atoms with Gasteiger partial charge in [-0.3, -0.25) is 9.59 Å². The van der Waals surface area contributed by atoms with Gasteiger partial charge in [-0.2, -0.15) is 5.10 Å². The highest BCUT2D eigenvalue weighted by Gasteiger charge is 2.27. The Balaban J connectivity index is 1.57. The van der Waals surface area contributed by atoms with E-state index in [4.69, 9.17) is 5.84 Å². The molecule has 3 aromatic rings. The van der Waals surface area contributed by atoms with Gasteiger partial charge in [0.15, 0.2) is 0 Å². The third kappa shape index (κ3) is 5.37. The Morgan fingerprint density at radius 2 is 2.00 bits per heavy atom. The molecule has 1 aliphatic carbocycles. The molecule has 0 saturated heterocycles. The summed E-state index contributed by atoms with van der Waals surface area (Å²) in [5.74, 6) is 3.47. The number of carbonyl (C=O) groups excluding carboxylic acids is 2. The van der Waals surface area contributed by atoms with Crippen LogP contribution in [0.5, 0.6) is 0 Å². The maximum Gasteiger partial charge on any atom is 0.335 e. The van der Waals surface area contributed by atoms with E-state index in [1.165, 1.54) is 18.2 Å². The lowest BCUT2D eigenvalue weighted by Crippen LogP contribution is -2.41. The summed E-state index contributed by atoms with van der Waals surface area (Å²) in [6, 6.07) is 10.1. The molecule has 5 N–H and O–H groups in total. The van der Waals surface area contributed by atoms with Crippen LogP contribution in [0.3, 0.4) is 0 Å². The van der Waals surface area contributed by atoms with Gasteiger partial charge in [0.05, 0.1) is 11.6 Å². The number of hydrogen-bond acceptors (Lipinski definition) is 7. The number of nitrogens with two attached hydrogens (primary N) is 1. The molecule has 2 aromatic carbocycles. The molecule has 0 fully saturated rings. The summed E-state index contributed by atoms with van der Waals surface area (Å²) >= 11 is 0. The number of aromatic nitrogens is 2. The lowest BCUT2D eigenvalue weighted by atomic mass is 10.0. The molecule has 4 rings (SSSR count). The van der Waals surface area contributed by atoms with Crippen LogP contribution in [0.25, 0.3) is 0 Å². The van der Waals surface area contributed by atoms with Gasteiger partial charge in [0.1, 0.15) is 17.2 Å². The first kappa shape index (κ1) is 25.2. The molecule has 1 aromatic heterocycles. The molecule has 1 aliphatic rings. The highest BCUT2D eigenvalue weighted by molar-refractivity contribution is 5.97. The number of aromatic carboxylic acids is 1. The lowest BCUT2D eigenvalue weighted by Gasteiger charge is -2.16. The molecule has 1 heterocycles. The number of hydrogen-bond donors (Lipinski definition) is 4. The monoisotopic (exact) mass is 505 g/mol. The van der Waals surface area contributed by atoms with Crippen molar-refractivity contribution in [3.63, 3.8) is 0 Å². The number of carbonyl (C=O) groups is 3. The summed E-state index contributed by atoms with van der Waals surface area (Å²) in [5.41, 5.74) is 2.49. The van der Waals surface area contributed by atoms with Crippen LogP contribution in [-0.2, 0) is 13.0 Å². The van der Waals surface area contributed by atoms with E-state index in [1.807, 2.05) is 0 Å². The molecule has 0 spiro atoms. The summed E-state index contributed by atoms with van der Waals surface area (Å²) in [4.78, 5) is 41.4. The van der Waals surface area contributed by atoms with Crippen molar-refractivity contribution in [2.75, 3.05) is 5.84 Å². The van der Waals surface area contributed by atoms with Gasteiger partial charge < -0.3 is 21.6 Å². The molecule has 0 aliphatic heterocycles. The van der Waals surface area contributed by atoms with Gasteiger partial charge in [-0.15, -0.1) is 5.10 Å². The fraction of sp³-hybridized carbons (Fsp3) is 0.200. The smallest absolute Gasteiger partial charge is 0.335 e. The largest absolute Gasteiger partial charge is 0.478 e. The first-order valence-electron chi connectivity index (χ1n) is 11.3. The molecular weight excluding hydrogens is 481 g/mol. The third-order valence-corrected chi connectivity index (χ3v) is 6.04. The average Bonchev–Trinajstić information content (AvgIpc) is 3.27. The van der Waals surface area contributed by atoms with E-state index in [2.05, 4.69) is 32.5 Å². The highest BCUT2D eigenvalue weighted by atomic mass is 19.1. The van der Waals surface area contributed by atoms with Crippen LogP contribution in [0.4, 0.5) is 4.39 Å². The molecule has 1 atom stereocenters. The van der Waals surface area contributed by atoms with Crippen molar-refractivity contribution in [1.82, 2.24) is 20.3 Å². The van der Waals surface area contributed by atoms with Crippen molar-refractivity contribution in [2.45, 2.75) is 32.4 Å². The number of benzene rings is 2. The summed E-state index contributed by atoms with van der Waals surface area (Å²) in [7, 11) is 0. The Labute approximate surface area is 210 Å². The minimum Gasteiger partial charge on any atom is -0.478 e. The Kier molecular flexibility index (Phi) is 7.09. The van der Waals surface area contributed by atoms with E-state index in [1.54, 1.807) is 31.2 Å². The van der Waals surface area contributed by atoms with Crippen LogP contribution in [-0.4, -0.2) is 39.3 Å². The second-order valence-corrected chi connectivity index (χ2v) is 8.49. The third-order valence-electron chi connectivity index (χ3n) is 6.04. The number of nitrogen functional groups attached to an aromatic ring is 1. The average molecular weight is 506 g/mol. The molecule has 37 heavy (non-hydrogen) atoms. The van der Waals surface area contributed by atoms with Crippen LogP contribution in [0, 0.1) is 12.7 Å². The maximum atomic E-state index is 13.5. The van der Waals surface area contributed by atoms with Crippen molar-refractivity contribution in [1.29, 1.82) is 0 Å². The molecule has 2 amide bonds. The Bertz CT molecular complexity index is 1500. The van der Waals surface area contributed by atoms with E-state index in [-0.39, 0.29) is 41.0 Å². The molecule has 0 radical (unpaired) electrons. The standard InChI is InChI=1S/C25H24FN7O4/c1-13-9-14(3-7-18(13)26)12-29-22(34)20-11-21(33(27)25(31-20)32-28-2)23(35)30-19-8-5-15-10-16(24(36)37)4-6-17(15)19/h3-4,6-7,9-11,19H,2,5,8,12,27H2,1H3,(H,29,34)(H,30,35)(H,36,37)/b32-25-/t19-/m0/s1. The quantitative estimate of drug-likeness (QED) is 0.216. The Morgan fingerprint density at radius 3 is 2.70 bits per heavy atom. The first-order chi connectivity index (χ1) is 17.7. The van der Waals surface area contributed by atoms with Gasteiger partial charge in [0.25, 0.3) is 17.4 Å². The van der Waals surface area contributed by atoms with Crippen molar-refractivity contribution < 1.29 is 23.9 Å². The topological polar surface area (TPSA) is 164 Å². The minimum absolute atomic E-state index is 0.101. The number of halogens is 1. The summed E-state index contributed by atoms with van der Waals surface area (Å²) in [5, 5.41) is 21.9. The number of aryl methyl sites for hydroxylation is 2. The van der Waals surface area contributed by atoms with Crippen LogP contribution in [0.15, 0.2) is 52.7 Å². The second kappa shape index (κ2) is 10.4. The van der Waals surface area contributed by atoms with Crippen molar-refractivity contribution >= 4 is 24.5 Å². The fourth-order valence-corrected chi connectivity index (χ4v) is 4.15. The van der Waals surface area contributed by atoms with E-state index in [0.717, 1.165) is 15.8 Å². The Hall–Kier alpha value is -4.87. The molecule has 0 saturated carbocycles. The minimum atomic E-state index is -1.02. The van der Waals surface area contributed by atoms with E-state index in [9.17, 15) is 23.9 Å². The maximum absolute atomic E-state index is 13.5. The van der Waals surface area contributed by atoms with Crippen LogP contribution in [0.1, 0.15) is 66.1 Å². The van der Waals surface area contributed by atoms with Gasteiger partial charge >= 0.3 is 5.97 Å². The molecule has 12 heteroatoms. The van der Waals surface area contributed by atoms with E-state index >= 15 is 0 Å². The zero-order chi connectivity index (χ0) is 26.7. The zero-order valence-corrected chi connectivity index (χ0v) is 19.9. The van der Waals surface area contributed by atoms with Crippen LogP contribution < -0.4 is 22.1 Å². The molecule has 0 bridgehead atoms. The van der Waals surface area contributed by atoms with E-state index < -0.39 is 17.8 Å². The van der Waals surface area contributed by atoms with Crippen LogP contribution in [0.2, 0.25) is 0 Å². The van der Waals surface area contributed by atoms with Gasteiger partial charge in [0, 0.05) is 19.3 Å². The zero-order valence-electron chi connectivity index (χ0n) is 19.9. The van der Waals surface area contributed by atoms with Gasteiger partial charge in [0.2, 0.25) is 0 Å². The summed E-state index contributed by atoms with van der Waals surface area (Å²) in [6.07, 6.45) is 1.16. The number of fused-ring (bicyclic) bond motifs is 1.